The summed E-state index contributed by atoms with van der Waals surface area (Å²) in [5, 5.41) is 8.27. The summed E-state index contributed by atoms with van der Waals surface area (Å²) in [5.74, 6) is 2.02. The van der Waals surface area contributed by atoms with E-state index in [2.05, 4.69) is 42.8 Å². The lowest BCUT2D eigenvalue weighted by Crippen LogP contribution is -2.53. The van der Waals surface area contributed by atoms with E-state index in [0.717, 1.165) is 23.5 Å². The molecule has 3 aromatic rings. The van der Waals surface area contributed by atoms with Gasteiger partial charge in [-0.25, -0.2) is 9.97 Å². The van der Waals surface area contributed by atoms with E-state index in [-0.39, 0.29) is 11.9 Å². The molecule has 0 radical (unpaired) electrons. The average molecular weight is 433 g/mol. The van der Waals surface area contributed by atoms with E-state index in [1.807, 2.05) is 28.8 Å². The van der Waals surface area contributed by atoms with Crippen molar-refractivity contribution in [3.63, 3.8) is 0 Å². The Morgan fingerprint density at radius 2 is 1.94 bits per heavy atom. The van der Waals surface area contributed by atoms with E-state index in [4.69, 9.17) is 15.7 Å². The molecule has 0 unspecified atom stereocenters. The molecule has 166 valence electrons. The fourth-order valence-electron chi connectivity index (χ4n) is 4.81. The molecular weight excluding hydrogens is 404 g/mol. The Morgan fingerprint density at radius 3 is 2.62 bits per heavy atom. The van der Waals surface area contributed by atoms with Gasteiger partial charge in [-0.15, -0.1) is 10.2 Å². The molecule has 9 heteroatoms. The lowest BCUT2D eigenvalue weighted by atomic mass is 9.95. The molecule has 0 aromatic carbocycles. The first kappa shape index (κ1) is 20.6. The molecule has 0 bridgehead atoms. The van der Waals surface area contributed by atoms with E-state index in [1.54, 1.807) is 11.2 Å². The maximum Gasteiger partial charge on any atom is 0.260 e. The highest BCUT2D eigenvalue weighted by atomic mass is 16.2. The Hall–Kier alpha value is -3.33. The summed E-state index contributed by atoms with van der Waals surface area (Å²) in [4.78, 5) is 27.0. The van der Waals surface area contributed by atoms with Crippen LogP contribution >= 0.6 is 0 Å². The molecule has 1 saturated heterocycles. The number of fused-ring (bicyclic) bond motifs is 1. The maximum atomic E-state index is 13.4. The van der Waals surface area contributed by atoms with Crippen molar-refractivity contribution in [3.05, 3.63) is 47.4 Å². The number of hydrogen-bond acceptors (Lipinski definition) is 7. The van der Waals surface area contributed by atoms with Crippen LogP contribution in [0.25, 0.3) is 11.5 Å². The van der Waals surface area contributed by atoms with Gasteiger partial charge in [-0.3, -0.25) is 9.69 Å². The van der Waals surface area contributed by atoms with Crippen molar-refractivity contribution < 1.29 is 4.79 Å². The third-order valence-electron chi connectivity index (χ3n) is 6.45. The molecule has 0 spiro atoms. The molecule has 1 amide bonds. The summed E-state index contributed by atoms with van der Waals surface area (Å²) in [7, 11) is 0. The zero-order valence-corrected chi connectivity index (χ0v) is 18.9. The number of carbonyl (C=O) groups is 1. The SMILES string of the molecule is CC(C)n1cnnc1-c1cccc(N2Cc3c(cc(N4[C@H](C)C[C@@H]4C)nc3CN)C2=O)n1. The molecule has 0 saturated carbocycles. The normalized spacial score (nSPS) is 20.1. The van der Waals surface area contributed by atoms with Crippen LogP contribution in [0.3, 0.4) is 0 Å². The Labute approximate surface area is 187 Å². The van der Waals surface area contributed by atoms with Gasteiger partial charge < -0.3 is 15.2 Å². The molecule has 2 atom stereocenters. The number of pyridine rings is 2. The van der Waals surface area contributed by atoms with E-state index >= 15 is 0 Å². The minimum atomic E-state index is -0.0749. The molecule has 9 nitrogen and oxygen atoms in total. The molecule has 3 aromatic heterocycles. The van der Waals surface area contributed by atoms with Crippen LogP contribution < -0.4 is 15.5 Å². The topological polar surface area (TPSA) is 106 Å². The first-order chi connectivity index (χ1) is 15.4. The van der Waals surface area contributed by atoms with Crippen LogP contribution in [0.2, 0.25) is 0 Å². The smallest absolute Gasteiger partial charge is 0.260 e. The van der Waals surface area contributed by atoms with Crippen molar-refractivity contribution in [2.45, 2.75) is 65.3 Å². The number of anilines is 2. The van der Waals surface area contributed by atoms with Crippen LogP contribution in [0.5, 0.6) is 0 Å². The quantitative estimate of drug-likeness (QED) is 0.661. The lowest BCUT2D eigenvalue weighted by molar-refractivity contribution is 0.0996. The van der Waals surface area contributed by atoms with Gasteiger partial charge in [0.2, 0.25) is 0 Å². The predicted octanol–water partition coefficient (Wildman–Crippen LogP) is 2.92. The molecule has 5 rings (SSSR count). The number of hydrogen-bond donors (Lipinski definition) is 1. The maximum absolute atomic E-state index is 13.4. The van der Waals surface area contributed by atoms with Crippen LogP contribution in [0.4, 0.5) is 11.6 Å². The van der Waals surface area contributed by atoms with Crippen LogP contribution in [0, 0.1) is 0 Å². The van der Waals surface area contributed by atoms with E-state index in [1.165, 1.54) is 0 Å². The van der Waals surface area contributed by atoms with Crippen LogP contribution in [0.15, 0.2) is 30.6 Å². The van der Waals surface area contributed by atoms with E-state index in [0.29, 0.717) is 48.1 Å². The van der Waals surface area contributed by atoms with Gasteiger partial charge in [0.15, 0.2) is 5.82 Å². The van der Waals surface area contributed by atoms with Crippen molar-refractivity contribution >= 4 is 17.5 Å². The second-order valence-corrected chi connectivity index (χ2v) is 8.93. The first-order valence-corrected chi connectivity index (χ1v) is 11.1. The van der Waals surface area contributed by atoms with Crippen LogP contribution in [0.1, 0.15) is 61.8 Å². The summed E-state index contributed by atoms with van der Waals surface area (Å²) in [5.41, 5.74) is 9.05. The summed E-state index contributed by atoms with van der Waals surface area (Å²) >= 11 is 0. The summed E-state index contributed by atoms with van der Waals surface area (Å²) in [6.45, 7) is 9.18. The number of amides is 1. The second kappa shape index (κ2) is 7.67. The Morgan fingerprint density at radius 1 is 1.16 bits per heavy atom. The molecule has 2 aliphatic rings. The third kappa shape index (κ3) is 3.15. The number of carbonyl (C=O) groups excluding carboxylic acids is 1. The zero-order valence-electron chi connectivity index (χ0n) is 18.9. The largest absolute Gasteiger partial charge is 0.351 e. The van der Waals surface area contributed by atoms with E-state index in [9.17, 15) is 4.79 Å². The highest BCUT2D eigenvalue weighted by Crippen LogP contribution is 2.36. The van der Waals surface area contributed by atoms with E-state index < -0.39 is 0 Å². The fraction of sp³-hybridized carbons (Fsp3) is 0.435. The lowest BCUT2D eigenvalue weighted by Gasteiger charge is -2.46. The highest BCUT2D eigenvalue weighted by molar-refractivity contribution is 6.10. The van der Waals surface area contributed by atoms with Gasteiger partial charge in [-0.1, -0.05) is 6.07 Å². The van der Waals surface area contributed by atoms with Crippen LogP contribution in [-0.4, -0.2) is 42.7 Å². The Balaban J connectivity index is 1.51. The van der Waals surface area contributed by atoms with Crippen molar-refractivity contribution in [2.75, 3.05) is 9.80 Å². The number of nitrogens with zero attached hydrogens (tertiary/aromatic N) is 7. The summed E-state index contributed by atoms with van der Waals surface area (Å²) < 4.78 is 1.96. The van der Waals surface area contributed by atoms with Gasteiger partial charge >= 0.3 is 0 Å². The van der Waals surface area contributed by atoms with Gasteiger partial charge in [-0.05, 0) is 52.3 Å². The third-order valence-corrected chi connectivity index (χ3v) is 6.45. The Bertz CT molecular complexity index is 1180. The molecule has 5 heterocycles. The summed E-state index contributed by atoms with van der Waals surface area (Å²) in [6, 6.07) is 8.56. The fourth-order valence-corrected chi connectivity index (χ4v) is 4.81. The molecule has 1 fully saturated rings. The predicted molar refractivity (Wildman–Crippen MR) is 122 cm³/mol. The molecule has 0 aliphatic carbocycles. The van der Waals surface area contributed by atoms with Crippen molar-refractivity contribution in [1.29, 1.82) is 0 Å². The van der Waals surface area contributed by atoms with Gasteiger partial charge in [-0.2, -0.15) is 0 Å². The average Bonchev–Trinajstić information content (AvgIpc) is 3.39. The first-order valence-electron chi connectivity index (χ1n) is 11.1. The molecule has 32 heavy (non-hydrogen) atoms. The van der Waals surface area contributed by atoms with Crippen LogP contribution in [-0.2, 0) is 13.1 Å². The Kier molecular flexibility index (Phi) is 4.93. The molecule has 2 N–H and O–H groups in total. The van der Waals surface area contributed by atoms with Crippen molar-refractivity contribution in [1.82, 2.24) is 24.7 Å². The summed E-state index contributed by atoms with van der Waals surface area (Å²) in [6.07, 6.45) is 2.82. The van der Waals surface area contributed by atoms with Gasteiger partial charge in [0, 0.05) is 30.2 Å². The van der Waals surface area contributed by atoms with Gasteiger partial charge in [0.1, 0.15) is 23.7 Å². The monoisotopic (exact) mass is 432 g/mol. The number of rotatable bonds is 5. The molecule has 2 aliphatic heterocycles. The number of aromatic nitrogens is 5. The van der Waals surface area contributed by atoms with Gasteiger partial charge in [0.25, 0.3) is 5.91 Å². The standard InChI is InChI=1S/C23H28N8O/c1-13(2)30-12-25-28-22(30)18-6-5-7-20(26-18)29-11-17-16(23(29)32)9-21(27-19(17)10-24)31-14(3)8-15(31)4/h5-7,9,12-15H,8,10-11,24H2,1-4H3/t14-,15+. The zero-order chi connectivity index (χ0) is 22.6. The highest BCUT2D eigenvalue weighted by Gasteiger charge is 2.37. The minimum absolute atomic E-state index is 0.0749. The van der Waals surface area contributed by atoms with Gasteiger partial charge in [0.05, 0.1) is 17.8 Å². The molecular formula is C23H28N8O. The van der Waals surface area contributed by atoms with Crippen molar-refractivity contribution in [2.24, 2.45) is 5.73 Å². The van der Waals surface area contributed by atoms with Crippen molar-refractivity contribution in [3.8, 4) is 11.5 Å². The number of nitrogens with two attached hydrogens (primary N) is 1. The minimum Gasteiger partial charge on any atom is -0.351 e. The second-order valence-electron chi connectivity index (χ2n) is 8.93.